The summed E-state index contributed by atoms with van der Waals surface area (Å²) in [6.45, 7) is -0.785. The Kier molecular flexibility index (Phi) is 4.61. The Morgan fingerprint density at radius 3 is 2.74 bits per heavy atom. The van der Waals surface area contributed by atoms with Gasteiger partial charge in [0.15, 0.2) is 0 Å². The van der Waals surface area contributed by atoms with E-state index in [9.17, 15) is 8.78 Å². The van der Waals surface area contributed by atoms with E-state index in [0.717, 1.165) is 16.5 Å². The second-order valence-corrected chi connectivity index (χ2v) is 7.02. The van der Waals surface area contributed by atoms with Crippen LogP contribution in [0.2, 0.25) is 10.0 Å². The summed E-state index contributed by atoms with van der Waals surface area (Å²) in [4.78, 5) is 7.44. The number of benzene rings is 1. The van der Waals surface area contributed by atoms with Gasteiger partial charge in [0.1, 0.15) is 18.1 Å². The molecular weight excluding hydrogens is 393 g/mol. The van der Waals surface area contributed by atoms with Gasteiger partial charge in [-0.3, -0.25) is 9.07 Å². The lowest BCUT2D eigenvalue weighted by atomic mass is 9.91. The fraction of sp³-hybridized carbons (Fsp3) is 0.158. The fourth-order valence-corrected chi connectivity index (χ4v) is 3.85. The van der Waals surface area contributed by atoms with Gasteiger partial charge in [-0.25, -0.2) is 9.37 Å². The van der Waals surface area contributed by atoms with E-state index < -0.39 is 18.4 Å². The average Bonchev–Trinajstić information content (AvgIpc) is 3.28. The molecule has 0 fully saturated rings. The summed E-state index contributed by atoms with van der Waals surface area (Å²) >= 11 is 12.3. The van der Waals surface area contributed by atoms with E-state index in [1.807, 2.05) is 19.3 Å². The van der Waals surface area contributed by atoms with Crippen LogP contribution in [-0.4, -0.2) is 26.4 Å². The smallest absolute Gasteiger partial charge is 0.142 e. The molecule has 0 amide bonds. The molecule has 8 heteroatoms. The van der Waals surface area contributed by atoms with Gasteiger partial charge in [-0.05, 0) is 23.8 Å². The molecule has 0 saturated carbocycles. The third kappa shape index (κ3) is 3.09. The Morgan fingerprint density at radius 1 is 1.22 bits per heavy atom. The van der Waals surface area contributed by atoms with Gasteiger partial charge in [0.2, 0.25) is 0 Å². The van der Waals surface area contributed by atoms with Crippen molar-refractivity contribution in [1.82, 2.24) is 19.7 Å². The number of rotatable bonds is 4. The number of aryl methyl sites for hydroxylation is 1. The third-order valence-corrected chi connectivity index (χ3v) is 5.27. The maximum absolute atomic E-state index is 14.1. The maximum Gasteiger partial charge on any atom is 0.142 e. The summed E-state index contributed by atoms with van der Waals surface area (Å²) in [5.41, 5.74) is 3.16. The van der Waals surface area contributed by atoms with Crippen molar-refractivity contribution < 1.29 is 8.78 Å². The summed E-state index contributed by atoms with van der Waals surface area (Å²) in [5, 5.41) is 4.92. The molecule has 138 valence electrons. The van der Waals surface area contributed by atoms with Crippen molar-refractivity contribution in [2.24, 2.45) is 7.05 Å². The number of H-pyrrole nitrogens is 1. The number of nitrogens with zero attached hydrogens (tertiary/aromatic N) is 3. The highest BCUT2D eigenvalue weighted by Crippen LogP contribution is 2.40. The van der Waals surface area contributed by atoms with Crippen LogP contribution >= 0.6 is 23.2 Å². The first kappa shape index (κ1) is 17.9. The van der Waals surface area contributed by atoms with Crippen LogP contribution in [0.4, 0.5) is 8.78 Å². The quantitative estimate of drug-likeness (QED) is 0.454. The highest BCUT2D eigenvalue weighted by Gasteiger charge is 2.25. The number of nitrogens with one attached hydrogen (secondary N) is 1. The molecule has 0 bridgehead atoms. The summed E-state index contributed by atoms with van der Waals surface area (Å²) in [7, 11) is 1.82. The molecule has 3 heterocycles. The molecule has 27 heavy (non-hydrogen) atoms. The van der Waals surface area contributed by atoms with E-state index >= 15 is 0 Å². The summed E-state index contributed by atoms with van der Waals surface area (Å²) in [5.74, 6) is -1.45. The van der Waals surface area contributed by atoms with Crippen molar-refractivity contribution >= 4 is 34.2 Å². The first-order valence-corrected chi connectivity index (χ1v) is 8.90. The topological polar surface area (TPSA) is 46.5 Å². The molecule has 1 N–H and O–H groups in total. The van der Waals surface area contributed by atoms with Crippen LogP contribution in [0.1, 0.15) is 17.0 Å². The molecule has 0 aliphatic carbocycles. The van der Waals surface area contributed by atoms with E-state index in [0.29, 0.717) is 11.2 Å². The molecular formula is C19H14Cl2F2N4. The fourth-order valence-electron chi connectivity index (χ4n) is 3.22. The minimum Gasteiger partial charge on any atom is -0.346 e. The van der Waals surface area contributed by atoms with Gasteiger partial charge in [-0.2, -0.15) is 5.10 Å². The van der Waals surface area contributed by atoms with E-state index in [1.54, 1.807) is 23.3 Å². The molecule has 0 spiro atoms. The molecule has 3 aromatic heterocycles. The number of pyridine rings is 1. The first-order chi connectivity index (χ1) is 13.0. The maximum atomic E-state index is 14.1. The highest BCUT2D eigenvalue weighted by atomic mass is 35.5. The normalized spacial score (nSPS) is 12.6. The Labute approximate surface area is 163 Å². The van der Waals surface area contributed by atoms with Gasteiger partial charge in [0.25, 0.3) is 0 Å². The van der Waals surface area contributed by atoms with Gasteiger partial charge in [0, 0.05) is 58.7 Å². The van der Waals surface area contributed by atoms with Crippen molar-refractivity contribution in [3.8, 4) is 11.1 Å². The highest BCUT2D eigenvalue weighted by molar-refractivity contribution is 6.36. The molecule has 0 aliphatic rings. The lowest BCUT2D eigenvalue weighted by molar-refractivity contribution is 0.461. The minimum absolute atomic E-state index is 0.170. The molecule has 4 rings (SSSR count). The summed E-state index contributed by atoms with van der Waals surface area (Å²) in [6, 6.07) is 4.45. The summed E-state index contributed by atoms with van der Waals surface area (Å²) in [6.07, 6.45) is 6.96. The van der Waals surface area contributed by atoms with Gasteiger partial charge in [-0.15, -0.1) is 0 Å². The largest absolute Gasteiger partial charge is 0.346 e. The van der Waals surface area contributed by atoms with Gasteiger partial charge >= 0.3 is 0 Å². The van der Waals surface area contributed by atoms with Crippen LogP contribution in [0.3, 0.4) is 0 Å². The Bertz CT molecular complexity index is 1140. The van der Waals surface area contributed by atoms with E-state index in [-0.39, 0.29) is 15.6 Å². The second-order valence-electron chi connectivity index (χ2n) is 6.23. The molecule has 0 aliphatic heterocycles. The first-order valence-electron chi connectivity index (χ1n) is 8.15. The second kappa shape index (κ2) is 6.94. The number of alkyl halides is 1. The number of hydrogen-bond acceptors (Lipinski definition) is 2. The van der Waals surface area contributed by atoms with Crippen LogP contribution in [-0.2, 0) is 7.05 Å². The minimum atomic E-state index is -0.819. The van der Waals surface area contributed by atoms with Crippen LogP contribution in [0.15, 0.2) is 43.0 Å². The van der Waals surface area contributed by atoms with Crippen LogP contribution in [0, 0.1) is 5.82 Å². The lowest BCUT2D eigenvalue weighted by Crippen LogP contribution is -2.06. The Hall–Kier alpha value is -2.44. The number of aromatic nitrogens is 4. The van der Waals surface area contributed by atoms with Crippen LogP contribution in [0.5, 0.6) is 0 Å². The summed E-state index contributed by atoms with van der Waals surface area (Å²) < 4.78 is 29.7. The van der Waals surface area contributed by atoms with Crippen molar-refractivity contribution in [3.63, 3.8) is 0 Å². The SMILES string of the molecule is Cn1cc(-c2cnc3[nH]cc(C(CF)c4c(Cl)ccc(F)c4Cl)c3c2)cn1. The molecule has 0 radical (unpaired) electrons. The standard InChI is InChI=1S/C19H14Cl2F2N4/c1-27-9-11(7-26-27)10-4-12-14(8-25-19(12)24-6-10)13(5-22)17-15(20)2-3-16(23)18(17)21/h2-4,6-9,13H,5H2,1H3,(H,24,25). The Balaban J connectivity index is 1.89. The molecule has 4 aromatic rings. The number of fused-ring (bicyclic) bond motifs is 1. The van der Waals surface area contributed by atoms with Crippen molar-refractivity contribution in [3.05, 3.63) is 70.0 Å². The van der Waals surface area contributed by atoms with Crippen molar-refractivity contribution in [2.75, 3.05) is 6.67 Å². The zero-order valence-corrected chi connectivity index (χ0v) is 15.7. The molecule has 1 unspecified atom stereocenters. The van der Waals surface area contributed by atoms with Gasteiger partial charge in [0.05, 0.1) is 11.2 Å². The van der Waals surface area contributed by atoms with E-state index in [2.05, 4.69) is 15.1 Å². The van der Waals surface area contributed by atoms with E-state index in [4.69, 9.17) is 23.2 Å². The Morgan fingerprint density at radius 2 is 2.04 bits per heavy atom. The molecule has 4 nitrogen and oxygen atoms in total. The van der Waals surface area contributed by atoms with Crippen LogP contribution in [0.25, 0.3) is 22.2 Å². The predicted octanol–water partition coefficient (Wildman–Crippen LogP) is 5.51. The number of aromatic amines is 1. The number of halogens is 4. The molecule has 0 saturated heterocycles. The molecule has 1 atom stereocenters. The van der Waals surface area contributed by atoms with Crippen LogP contribution < -0.4 is 0 Å². The third-order valence-electron chi connectivity index (χ3n) is 4.56. The average molecular weight is 407 g/mol. The number of hydrogen-bond donors (Lipinski definition) is 1. The van der Waals surface area contributed by atoms with Gasteiger partial charge < -0.3 is 4.98 Å². The zero-order valence-electron chi connectivity index (χ0n) is 14.2. The molecule has 1 aromatic carbocycles. The van der Waals surface area contributed by atoms with Crippen molar-refractivity contribution in [2.45, 2.75) is 5.92 Å². The van der Waals surface area contributed by atoms with Gasteiger partial charge in [-0.1, -0.05) is 23.2 Å². The predicted molar refractivity (Wildman–Crippen MR) is 103 cm³/mol. The lowest BCUT2D eigenvalue weighted by Gasteiger charge is -2.17. The van der Waals surface area contributed by atoms with Crippen molar-refractivity contribution in [1.29, 1.82) is 0 Å². The van der Waals surface area contributed by atoms with E-state index in [1.165, 1.54) is 12.1 Å². The zero-order chi connectivity index (χ0) is 19.1. The monoisotopic (exact) mass is 406 g/mol.